The number of ether oxygens (including phenoxy) is 1. The molecule has 0 amide bonds. The summed E-state index contributed by atoms with van der Waals surface area (Å²) < 4.78 is 6.48. The highest BCUT2D eigenvalue weighted by Gasteiger charge is 2.08. The molecule has 0 saturated carbocycles. The highest BCUT2D eigenvalue weighted by atomic mass is 16.5. The SMILES string of the molecule is CNCc1cn(-c2ccc(C(=O)OC)cc2)nc1C. The van der Waals surface area contributed by atoms with Crippen LogP contribution in [0.25, 0.3) is 5.69 Å². The van der Waals surface area contributed by atoms with Gasteiger partial charge >= 0.3 is 5.97 Å². The van der Waals surface area contributed by atoms with Crippen LogP contribution in [0.15, 0.2) is 30.5 Å². The maximum atomic E-state index is 11.4. The van der Waals surface area contributed by atoms with Crippen molar-refractivity contribution in [2.45, 2.75) is 13.5 Å². The molecule has 0 fully saturated rings. The quantitative estimate of drug-likeness (QED) is 0.849. The van der Waals surface area contributed by atoms with Crippen molar-refractivity contribution in [1.29, 1.82) is 0 Å². The van der Waals surface area contributed by atoms with Gasteiger partial charge in [0.2, 0.25) is 0 Å². The van der Waals surface area contributed by atoms with Gasteiger partial charge in [0, 0.05) is 18.3 Å². The average molecular weight is 259 g/mol. The first-order chi connectivity index (χ1) is 9.15. The van der Waals surface area contributed by atoms with Gasteiger partial charge < -0.3 is 10.1 Å². The largest absolute Gasteiger partial charge is 0.465 e. The van der Waals surface area contributed by atoms with Crippen LogP contribution in [0.3, 0.4) is 0 Å². The molecule has 0 saturated heterocycles. The molecule has 0 aliphatic carbocycles. The van der Waals surface area contributed by atoms with Gasteiger partial charge in [-0.2, -0.15) is 5.10 Å². The van der Waals surface area contributed by atoms with Gasteiger partial charge in [0.05, 0.1) is 24.1 Å². The molecule has 0 radical (unpaired) electrons. The van der Waals surface area contributed by atoms with Crippen LogP contribution in [0.4, 0.5) is 0 Å². The van der Waals surface area contributed by atoms with Crippen molar-refractivity contribution in [2.24, 2.45) is 0 Å². The first-order valence-corrected chi connectivity index (χ1v) is 6.04. The summed E-state index contributed by atoms with van der Waals surface area (Å²) in [7, 11) is 3.28. The van der Waals surface area contributed by atoms with Gasteiger partial charge in [0.25, 0.3) is 0 Å². The average Bonchev–Trinajstić information content (AvgIpc) is 2.80. The van der Waals surface area contributed by atoms with Gasteiger partial charge in [-0.1, -0.05) is 0 Å². The summed E-state index contributed by atoms with van der Waals surface area (Å²) in [5.41, 5.74) is 3.59. The van der Waals surface area contributed by atoms with Gasteiger partial charge in [-0.3, -0.25) is 0 Å². The normalized spacial score (nSPS) is 10.5. The molecule has 5 nitrogen and oxygen atoms in total. The molecular weight excluding hydrogens is 242 g/mol. The first kappa shape index (κ1) is 13.3. The molecule has 0 bridgehead atoms. The minimum absolute atomic E-state index is 0.334. The lowest BCUT2D eigenvalue weighted by Gasteiger charge is -2.03. The molecule has 0 spiro atoms. The lowest BCUT2D eigenvalue weighted by molar-refractivity contribution is 0.0601. The van der Waals surface area contributed by atoms with Gasteiger partial charge in [-0.25, -0.2) is 9.48 Å². The third-order valence-electron chi connectivity index (χ3n) is 2.92. The molecular formula is C14H17N3O2. The van der Waals surface area contributed by atoms with E-state index in [0.717, 1.165) is 23.5 Å². The molecule has 19 heavy (non-hydrogen) atoms. The summed E-state index contributed by atoms with van der Waals surface area (Å²) in [4.78, 5) is 11.4. The van der Waals surface area contributed by atoms with E-state index in [9.17, 15) is 4.79 Å². The van der Waals surface area contributed by atoms with E-state index in [0.29, 0.717) is 5.56 Å². The Labute approximate surface area is 112 Å². The van der Waals surface area contributed by atoms with Crippen LogP contribution in [0.2, 0.25) is 0 Å². The number of carbonyl (C=O) groups excluding carboxylic acids is 1. The molecule has 1 aromatic carbocycles. The second-order valence-corrected chi connectivity index (χ2v) is 4.25. The van der Waals surface area contributed by atoms with Crippen LogP contribution in [0.1, 0.15) is 21.6 Å². The third kappa shape index (κ3) is 2.82. The Morgan fingerprint density at radius 1 is 1.37 bits per heavy atom. The van der Waals surface area contributed by atoms with Crippen molar-refractivity contribution < 1.29 is 9.53 Å². The molecule has 0 aliphatic rings. The molecule has 100 valence electrons. The van der Waals surface area contributed by atoms with Crippen molar-refractivity contribution >= 4 is 5.97 Å². The van der Waals surface area contributed by atoms with E-state index in [2.05, 4.69) is 15.2 Å². The Morgan fingerprint density at radius 3 is 2.63 bits per heavy atom. The summed E-state index contributed by atoms with van der Waals surface area (Å²) in [6, 6.07) is 7.16. The number of nitrogens with one attached hydrogen (secondary N) is 1. The summed E-state index contributed by atoms with van der Waals surface area (Å²) in [6.07, 6.45) is 1.99. The van der Waals surface area contributed by atoms with E-state index in [1.165, 1.54) is 7.11 Å². The standard InChI is InChI=1S/C14H17N3O2/c1-10-12(8-15-2)9-17(16-10)13-6-4-11(5-7-13)14(18)19-3/h4-7,9,15H,8H2,1-3H3. The van der Waals surface area contributed by atoms with E-state index in [4.69, 9.17) is 0 Å². The van der Waals surface area contributed by atoms with Crippen molar-refractivity contribution in [3.8, 4) is 5.69 Å². The summed E-state index contributed by atoms with van der Waals surface area (Å²) in [5, 5.41) is 7.56. The zero-order valence-corrected chi connectivity index (χ0v) is 11.3. The van der Waals surface area contributed by atoms with Crippen LogP contribution < -0.4 is 5.32 Å². The molecule has 2 rings (SSSR count). The number of carbonyl (C=O) groups is 1. The number of aryl methyl sites for hydroxylation is 1. The second-order valence-electron chi connectivity index (χ2n) is 4.25. The Kier molecular flexibility index (Phi) is 3.97. The van der Waals surface area contributed by atoms with Gasteiger partial charge in [0.1, 0.15) is 0 Å². The molecule has 1 aromatic heterocycles. The number of aromatic nitrogens is 2. The number of rotatable bonds is 4. The Hall–Kier alpha value is -2.14. The molecule has 2 aromatic rings. The minimum atomic E-state index is -0.334. The lowest BCUT2D eigenvalue weighted by atomic mass is 10.2. The Bertz CT molecular complexity index is 573. The fraction of sp³-hybridized carbons (Fsp3) is 0.286. The Balaban J connectivity index is 2.27. The van der Waals surface area contributed by atoms with Gasteiger partial charge in [-0.05, 0) is 38.2 Å². The number of hydrogen-bond donors (Lipinski definition) is 1. The van der Waals surface area contributed by atoms with Crippen molar-refractivity contribution in [3.63, 3.8) is 0 Å². The number of nitrogens with zero attached hydrogens (tertiary/aromatic N) is 2. The second kappa shape index (κ2) is 5.67. The van der Waals surface area contributed by atoms with Crippen LogP contribution >= 0.6 is 0 Å². The predicted molar refractivity (Wildman–Crippen MR) is 72.4 cm³/mol. The van der Waals surface area contributed by atoms with E-state index < -0.39 is 0 Å². The highest BCUT2D eigenvalue weighted by molar-refractivity contribution is 5.89. The third-order valence-corrected chi connectivity index (χ3v) is 2.92. The molecule has 5 heteroatoms. The maximum absolute atomic E-state index is 11.4. The summed E-state index contributed by atoms with van der Waals surface area (Å²) in [6.45, 7) is 2.76. The predicted octanol–water partition coefficient (Wildman–Crippen LogP) is 1.69. The zero-order chi connectivity index (χ0) is 13.8. The van der Waals surface area contributed by atoms with E-state index in [1.807, 2.05) is 37.0 Å². The number of benzene rings is 1. The minimum Gasteiger partial charge on any atom is -0.465 e. The zero-order valence-electron chi connectivity index (χ0n) is 11.3. The van der Waals surface area contributed by atoms with Crippen molar-refractivity contribution in [1.82, 2.24) is 15.1 Å². The Morgan fingerprint density at radius 2 is 2.05 bits per heavy atom. The molecule has 1 heterocycles. The number of methoxy groups -OCH3 is 1. The number of esters is 1. The topological polar surface area (TPSA) is 56.2 Å². The van der Waals surface area contributed by atoms with E-state index in [1.54, 1.807) is 12.1 Å². The van der Waals surface area contributed by atoms with E-state index >= 15 is 0 Å². The molecule has 1 N–H and O–H groups in total. The maximum Gasteiger partial charge on any atom is 0.337 e. The highest BCUT2D eigenvalue weighted by Crippen LogP contribution is 2.13. The molecule has 0 unspecified atom stereocenters. The van der Waals surface area contributed by atoms with Crippen molar-refractivity contribution in [3.05, 3.63) is 47.3 Å². The monoisotopic (exact) mass is 259 g/mol. The lowest BCUT2D eigenvalue weighted by Crippen LogP contribution is -2.05. The van der Waals surface area contributed by atoms with Crippen LogP contribution in [0.5, 0.6) is 0 Å². The van der Waals surface area contributed by atoms with Crippen LogP contribution in [-0.4, -0.2) is 29.9 Å². The fourth-order valence-electron chi connectivity index (χ4n) is 1.86. The fourth-order valence-corrected chi connectivity index (χ4v) is 1.86. The molecule has 0 aliphatic heterocycles. The summed E-state index contributed by atoms with van der Waals surface area (Å²) >= 11 is 0. The van der Waals surface area contributed by atoms with E-state index in [-0.39, 0.29) is 5.97 Å². The van der Waals surface area contributed by atoms with Crippen LogP contribution in [0, 0.1) is 6.92 Å². The van der Waals surface area contributed by atoms with Crippen molar-refractivity contribution in [2.75, 3.05) is 14.2 Å². The summed E-state index contributed by atoms with van der Waals surface area (Å²) in [5.74, 6) is -0.334. The molecule has 0 atom stereocenters. The van der Waals surface area contributed by atoms with Gasteiger partial charge in [0.15, 0.2) is 0 Å². The smallest absolute Gasteiger partial charge is 0.337 e. The first-order valence-electron chi connectivity index (χ1n) is 6.04. The number of hydrogen-bond acceptors (Lipinski definition) is 4. The van der Waals surface area contributed by atoms with Crippen LogP contribution in [-0.2, 0) is 11.3 Å². The van der Waals surface area contributed by atoms with Gasteiger partial charge in [-0.15, -0.1) is 0 Å².